The molecule has 3 aromatic carbocycles. The predicted molar refractivity (Wildman–Crippen MR) is 183 cm³/mol. The van der Waals surface area contributed by atoms with E-state index in [2.05, 4.69) is 17.0 Å². The first-order valence-corrected chi connectivity index (χ1v) is 17.5. The Hall–Kier alpha value is -3.30. The first-order valence-electron chi connectivity index (χ1n) is 16.7. The van der Waals surface area contributed by atoms with Gasteiger partial charge in [0.15, 0.2) is 0 Å². The van der Waals surface area contributed by atoms with Crippen LogP contribution in [-0.4, -0.2) is 63.3 Å². The van der Waals surface area contributed by atoms with Crippen LogP contribution in [0.15, 0.2) is 60.7 Å². The molecule has 3 heterocycles. The Balaban J connectivity index is 1.11. The molecule has 1 amide bonds. The number of piperidine rings is 1. The zero-order valence-electron chi connectivity index (χ0n) is 27.5. The second-order valence-corrected chi connectivity index (χ2v) is 14.9. The average Bonchev–Trinajstić information content (AvgIpc) is 3.58. The molecule has 2 saturated carbocycles. The van der Waals surface area contributed by atoms with Crippen molar-refractivity contribution < 1.29 is 28.5 Å². The lowest BCUT2D eigenvalue weighted by atomic mass is 9.61. The number of rotatable bonds is 8. The number of methoxy groups -OCH3 is 3. The first-order chi connectivity index (χ1) is 23.2. The van der Waals surface area contributed by atoms with E-state index in [-0.39, 0.29) is 29.4 Å². The Morgan fingerprint density at radius 1 is 0.938 bits per heavy atom. The molecular weight excluding hydrogens is 651 g/mol. The van der Waals surface area contributed by atoms with Gasteiger partial charge in [-0.05, 0) is 97.0 Å². The molecule has 6 atom stereocenters. The fourth-order valence-electron chi connectivity index (χ4n) is 10.1. The molecule has 0 unspecified atom stereocenters. The Morgan fingerprint density at radius 3 is 2.33 bits per heavy atom. The van der Waals surface area contributed by atoms with E-state index in [1.54, 1.807) is 26.4 Å². The van der Waals surface area contributed by atoms with Crippen LogP contribution in [0.1, 0.15) is 48.8 Å². The summed E-state index contributed by atoms with van der Waals surface area (Å²) in [5.41, 5.74) is 1.97. The summed E-state index contributed by atoms with van der Waals surface area (Å²) in [5, 5.41) is 1.14. The minimum absolute atomic E-state index is 0.0416. The molecule has 252 valence electrons. The van der Waals surface area contributed by atoms with Gasteiger partial charge in [-0.3, -0.25) is 14.5 Å². The number of hydrogen-bond acceptors (Lipinski definition) is 7. The van der Waals surface area contributed by atoms with E-state index < -0.39 is 10.8 Å². The number of carbonyl (C=O) groups excluding carboxylic acids is 2. The van der Waals surface area contributed by atoms with Gasteiger partial charge in [-0.25, -0.2) is 0 Å². The molecule has 4 fully saturated rings. The highest BCUT2D eigenvalue weighted by Gasteiger charge is 2.82. The van der Waals surface area contributed by atoms with Crippen molar-refractivity contribution in [3.63, 3.8) is 0 Å². The summed E-state index contributed by atoms with van der Waals surface area (Å²) in [5.74, 6) is 1.60. The van der Waals surface area contributed by atoms with Crippen LogP contribution in [0.5, 0.6) is 11.5 Å². The number of fused-ring (bicyclic) bond motifs is 4. The maximum atomic E-state index is 14.9. The fraction of sp³-hybridized carbons (Fsp3) is 0.474. The number of anilines is 1. The first kappa shape index (κ1) is 31.9. The van der Waals surface area contributed by atoms with Gasteiger partial charge in [0.2, 0.25) is 5.91 Å². The van der Waals surface area contributed by atoms with Crippen molar-refractivity contribution in [1.29, 1.82) is 0 Å². The van der Waals surface area contributed by atoms with Crippen molar-refractivity contribution in [2.24, 2.45) is 16.7 Å². The summed E-state index contributed by atoms with van der Waals surface area (Å²) in [6, 6.07) is 19.3. The zero-order valence-corrected chi connectivity index (χ0v) is 29.0. The molecule has 2 spiro atoms. The Labute approximate surface area is 291 Å². The number of nitrogens with zero attached hydrogens (tertiary/aromatic N) is 2. The number of amides is 1. The minimum Gasteiger partial charge on any atom is -0.497 e. The van der Waals surface area contributed by atoms with Crippen molar-refractivity contribution in [2.45, 2.75) is 62.8 Å². The summed E-state index contributed by atoms with van der Waals surface area (Å²) < 4.78 is 22.9. The van der Waals surface area contributed by atoms with E-state index in [4.69, 9.17) is 42.1 Å². The van der Waals surface area contributed by atoms with Crippen molar-refractivity contribution in [3.05, 3.63) is 87.4 Å². The van der Waals surface area contributed by atoms with Crippen LogP contribution >= 0.6 is 23.2 Å². The summed E-state index contributed by atoms with van der Waals surface area (Å²) >= 11 is 13.3. The van der Waals surface area contributed by atoms with Gasteiger partial charge in [-0.15, -0.1) is 0 Å². The van der Waals surface area contributed by atoms with Crippen LogP contribution < -0.4 is 14.4 Å². The molecule has 0 aromatic heterocycles. The molecule has 0 bridgehead atoms. The molecule has 48 heavy (non-hydrogen) atoms. The topological polar surface area (TPSA) is 77.5 Å². The molecule has 3 aromatic rings. The van der Waals surface area contributed by atoms with Crippen molar-refractivity contribution in [1.82, 2.24) is 4.90 Å². The van der Waals surface area contributed by atoms with E-state index >= 15 is 0 Å². The lowest BCUT2D eigenvalue weighted by Crippen LogP contribution is -2.58. The molecule has 5 aliphatic rings. The highest BCUT2D eigenvalue weighted by Crippen LogP contribution is 2.79. The SMILES string of the molecule is COC(=O)[C@@]12C[C@@]13C[C@@H]1N(CC[C@@]14C(=O)N(Cc1ccc(OC)cc1Cl)c1ccccc14)C[C@@H]3CC[C@@H]2OCc1ccc(OC)cc1Cl. The number of benzene rings is 3. The zero-order chi connectivity index (χ0) is 33.4. The van der Waals surface area contributed by atoms with Crippen LogP contribution in [0.3, 0.4) is 0 Å². The van der Waals surface area contributed by atoms with Gasteiger partial charge in [-0.1, -0.05) is 53.5 Å². The van der Waals surface area contributed by atoms with Gasteiger partial charge in [0.05, 0.1) is 46.0 Å². The minimum atomic E-state index is -0.753. The maximum absolute atomic E-state index is 14.9. The van der Waals surface area contributed by atoms with Gasteiger partial charge in [0, 0.05) is 28.3 Å². The quantitative estimate of drug-likeness (QED) is 0.240. The number of para-hydroxylation sites is 1. The summed E-state index contributed by atoms with van der Waals surface area (Å²) in [4.78, 5) is 33.3. The smallest absolute Gasteiger partial charge is 0.315 e. The van der Waals surface area contributed by atoms with Gasteiger partial charge in [-0.2, -0.15) is 0 Å². The average molecular weight is 692 g/mol. The maximum Gasteiger partial charge on any atom is 0.315 e. The van der Waals surface area contributed by atoms with E-state index in [0.717, 1.165) is 61.2 Å². The second-order valence-electron chi connectivity index (χ2n) is 14.1. The Kier molecular flexibility index (Phi) is 7.75. The predicted octanol–water partition coefficient (Wildman–Crippen LogP) is 6.82. The van der Waals surface area contributed by atoms with E-state index in [0.29, 0.717) is 47.0 Å². The van der Waals surface area contributed by atoms with E-state index in [1.165, 1.54) is 7.11 Å². The normalized spacial score (nSPS) is 31.6. The van der Waals surface area contributed by atoms with Crippen molar-refractivity contribution in [2.75, 3.05) is 39.3 Å². The lowest BCUT2D eigenvalue weighted by Gasteiger charge is -2.50. The highest BCUT2D eigenvalue weighted by molar-refractivity contribution is 6.31. The largest absolute Gasteiger partial charge is 0.497 e. The molecule has 2 aliphatic carbocycles. The molecule has 8 nitrogen and oxygen atoms in total. The van der Waals surface area contributed by atoms with E-state index in [1.807, 2.05) is 41.3 Å². The molecule has 3 aliphatic heterocycles. The monoisotopic (exact) mass is 690 g/mol. The molecule has 8 rings (SSSR count). The fourth-order valence-corrected chi connectivity index (χ4v) is 10.5. The van der Waals surface area contributed by atoms with Crippen LogP contribution in [0.25, 0.3) is 0 Å². The molecule has 2 saturated heterocycles. The third-order valence-electron chi connectivity index (χ3n) is 12.4. The summed E-state index contributed by atoms with van der Waals surface area (Å²) in [7, 11) is 4.70. The van der Waals surface area contributed by atoms with Crippen molar-refractivity contribution in [3.8, 4) is 11.5 Å². The number of carbonyl (C=O) groups is 2. The van der Waals surface area contributed by atoms with Crippen LogP contribution in [-0.2, 0) is 37.6 Å². The Bertz CT molecular complexity index is 1800. The second kappa shape index (κ2) is 11.7. The summed E-state index contributed by atoms with van der Waals surface area (Å²) in [6.07, 6.45) is 3.63. The highest BCUT2D eigenvalue weighted by atomic mass is 35.5. The number of hydrogen-bond donors (Lipinski definition) is 0. The van der Waals surface area contributed by atoms with Crippen molar-refractivity contribution >= 4 is 40.8 Å². The van der Waals surface area contributed by atoms with Gasteiger partial charge >= 0.3 is 5.97 Å². The van der Waals surface area contributed by atoms with Crippen LogP contribution in [0.4, 0.5) is 5.69 Å². The third-order valence-corrected chi connectivity index (χ3v) is 13.1. The Morgan fingerprint density at radius 2 is 1.65 bits per heavy atom. The number of esters is 1. The number of halogens is 2. The van der Waals surface area contributed by atoms with Crippen LogP contribution in [0.2, 0.25) is 10.0 Å². The summed E-state index contributed by atoms with van der Waals surface area (Å²) in [6.45, 7) is 2.37. The van der Waals surface area contributed by atoms with Gasteiger partial charge in [0.25, 0.3) is 0 Å². The molecule has 0 radical (unpaired) electrons. The van der Waals surface area contributed by atoms with Gasteiger partial charge < -0.3 is 23.8 Å². The van der Waals surface area contributed by atoms with Gasteiger partial charge in [0.1, 0.15) is 16.9 Å². The van der Waals surface area contributed by atoms with Crippen LogP contribution in [0, 0.1) is 16.7 Å². The number of ether oxygens (including phenoxy) is 4. The molecule has 10 heteroatoms. The standard InChI is InChI=1S/C38H40Cl2N2O6/c1-45-26-11-8-23(29(39)16-26)19-42-31-7-5-4-6-28(31)37(34(42)43)14-15-41-20-25-10-13-33(48-21-24-9-12-27(46-2)17-30(24)40)38(35(44)47-3)22-36(25,38)18-32(37)41/h4-9,11-12,16-17,25,32-33H,10,13-15,18-22H2,1-3H3/t25-,32-,33-,36+,37-,38-/m0/s1. The molecular formula is C38H40Cl2N2O6. The lowest BCUT2D eigenvalue weighted by molar-refractivity contribution is -0.166. The van der Waals surface area contributed by atoms with E-state index in [9.17, 15) is 9.59 Å². The molecule has 0 N–H and O–H groups in total. The third kappa shape index (κ3) is 4.41.